The fourth-order valence-electron chi connectivity index (χ4n) is 3.56. The zero-order valence-corrected chi connectivity index (χ0v) is 20.8. The Bertz CT molecular complexity index is 1160. The van der Waals surface area contributed by atoms with Crippen molar-refractivity contribution in [2.75, 3.05) is 11.9 Å². The maximum atomic E-state index is 12.7. The first kappa shape index (κ1) is 26.5. The number of ether oxygens (including phenoxy) is 2. The Labute approximate surface area is 211 Å². The first-order valence-electron chi connectivity index (χ1n) is 11.9. The standard InChI is InChI=1S/C29H32N2O5/c1-20(2)17-26(31-28(33)25-12-8-7-9-21(25)3)29(34)36-19-27(32)30-23-13-15-24(16-14-23)35-18-22-10-5-4-6-11-22/h4-16,20,26H,17-19H2,1-3H3,(H,30,32)(H,31,33)/t26-/m1/s1. The molecule has 7 nitrogen and oxygen atoms in total. The van der Waals surface area contributed by atoms with E-state index in [4.69, 9.17) is 9.47 Å². The molecule has 7 heteroatoms. The summed E-state index contributed by atoms with van der Waals surface area (Å²) in [4.78, 5) is 37.7. The van der Waals surface area contributed by atoms with E-state index in [1.165, 1.54) is 0 Å². The smallest absolute Gasteiger partial charge is 0.329 e. The summed E-state index contributed by atoms with van der Waals surface area (Å²) in [6.07, 6.45) is 0.391. The van der Waals surface area contributed by atoms with Gasteiger partial charge in [0.15, 0.2) is 6.61 Å². The van der Waals surface area contributed by atoms with Crippen molar-refractivity contribution in [2.45, 2.75) is 39.8 Å². The highest BCUT2D eigenvalue weighted by atomic mass is 16.5. The van der Waals surface area contributed by atoms with E-state index in [0.29, 0.717) is 30.0 Å². The maximum absolute atomic E-state index is 12.7. The molecule has 188 valence electrons. The predicted octanol–water partition coefficient (Wildman–Crippen LogP) is 4.90. The molecule has 0 radical (unpaired) electrons. The quantitative estimate of drug-likeness (QED) is 0.375. The summed E-state index contributed by atoms with van der Waals surface area (Å²) in [5, 5.41) is 5.44. The summed E-state index contributed by atoms with van der Waals surface area (Å²) in [5.74, 6) is -0.671. The van der Waals surface area contributed by atoms with Gasteiger partial charge in [-0.1, -0.05) is 62.4 Å². The van der Waals surface area contributed by atoms with Crippen LogP contribution >= 0.6 is 0 Å². The van der Waals surface area contributed by atoms with Crippen LogP contribution in [0.25, 0.3) is 0 Å². The van der Waals surface area contributed by atoms with Gasteiger partial charge in [-0.2, -0.15) is 0 Å². The number of nitrogens with one attached hydrogen (secondary N) is 2. The van der Waals surface area contributed by atoms with Crippen LogP contribution in [0.5, 0.6) is 5.75 Å². The lowest BCUT2D eigenvalue weighted by Gasteiger charge is -2.20. The van der Waals surface area contributed by atoms with Gasteiger partial charge in [0, 0.05) is 11.3 Å². The summed E-state index contributed by atoms with van der Waals surface area (Å²) >= 11 is 0. The number of rotatable bonds is 11. The molecular weight excluding hydrogens is 456 g/mol. The zero-order valence-electron chi connectivity index (χ0n) is 20.8. The fraction of sp³-hybridized carbons (Fsp3) is 0.276. The van der Waals surface area contributed by atoms with Crippen molar-refractivity contribution in [2.24, 2.45) is 5.92 Å². The molecule has 3 aromatic carbocycles. The van der Waals surface area contributed by atoms with E-state index >= 15 is 0 Å². The monoisotopic (exact) mass is 488 g/mol. The number of aryl methyl sites for hydroxylation is 1. The largest absolute Gasteiger partial charge is 0.489 e. The van der Waals surface area contributed by atoms with Gasteiger partial charge in [-0.15, -0.1) is 0 Å². The molecule has 0 unspecified atom stereocenters. The lowest BCUT2D eigenvalue weighted by Crippen LogP contribution is -2.43. The van der Waals surface area contributed by atoms with Crippen LogP contribution in [0.1, 0.15) is 41.8 Å². The SMILES string of the molecule is Cc1ccccc1C(=O)N[C@H](CC(C)C)C(=O)OCC(=O)Nc1ccc(OCc2ccccc2)cc1. The van der Waals surface area contributed by atoms with E-state index in [1.54, 1.807) is 36.4 Å². The van der Waals surface area contributed by atoms with Crippen molar-refractivity contribution in [3.8, 4) is 5.75 Å². The van der Waals surface area contributed by atoms with Crippen LogP contribution in [0.3, 0.4) is 0 Å². The Morgan fingerprint density at radius 1 is 0.861 bits per heavy atom. The van der Waals surface area contributed by atoms with E-state index in [-0.39, 0.29) is 11.8 Å². The molecule has 3 rings (SSSR count). The van der Waals surface area contributed by atoms with E-state index in [0.717, 1.165) is 11.1 Å². The molecule has 0 aliphatic rings. The molecule has 2 N–H and O–H groups in total. The van der Waals surface area contributed by atoms with Crippen LogP contribution < -0.4 is 15.4 Å². The Morgan fingerprint density at radius 2 is 1.53 bits per heavy atom. The van der Waals surface area contributed by atoms with Gasteiger partial charge in [-0.3, -0.25) is 9.59 Å². The van der Waals surface area contributed by atoms with Crippen LogP contribution in [0, 0.1) is 12.8 Å². The third-order valence-electron chi connectivity index (χ3n) is 5.42. The minimum Gasteiger partial charge on any atom is -0.489 e. The summed E-state index contributed by atoms with van der Waals surface area (Å²) < 4.78 is 11.0. The van der Waals surface area contributed by atoms with Gasteiger partial charge in [0.1, 0.15) is 18.4 Å². The second-order valence-corrected chi connectivity index (χ2v) is 8.93. The molecule has 0 aliphatic carbocycles. The third-order valence-corrected chi connectivity index (χ3v) is 5.42. The normalized spacial score (nSPS) is 11.4. The van der Waals surface area contributed by atoms with E-state index in [9.17, 15) is 14.4 Å². The van der Waals surface area contributed by atoms with Crippen LogP contribution in [0.2, 0.25) is 0 Å². The highest BCUT2D eigenvalue weighted by Crippen LogP contribution is 2.17. The van der Waals surface area contributed by atoms with Crippen molar-refractivity contribution in [1.29, 1.82) is 0 Å². The van der Waals surface area contributed by atoms with Gasteiger partial charge in [-0.05, 0) is 60.7 Å². The second kappa shape index (κ2) is 13.1. The molecule has 0 saturated carbocycles. The van der Waals surface area contributed by atoms with E-state index in [1.807, 2.05) is 63.2 Å². The van der Waals surface area contributed by atoms with Crippen LogP contribution in [-0.2, 0) is 20.9 Å². The third kappa shape index (κ3) is 8.27. The zero-order chi connectivity index (χ0) is 25.9. The Balaban J connectivity index is 1.49. The highest BCUT2D eigenvalue weighted by Gasteiger charge is 2.25. The van der Waals surface area contributed by atoms with Crippen molar-refractivity contribution >= 4 is 23.5 Å². The first-order chi connectivity index (χ1) is 17.3. The van der Waals surface area contributed by atoms with Crippen LogP contribution in [-0.4, -0.2) is 30.4 Å². The Kier molecular flexibility index (Phi) is 9.63. The van der Waals surface area contributed by atoms with E-state index < -0.39 is 24.5 Å². The molecule has 0 spiro atoms. The van der Waals surface area contributed by atoms with Crippen LogP contribution in [0.4, 0.5) is 5.69 Å². The molecule has 0 aromatic heterocycles. The highest BCUT2D eigenvalue weighted by molar-refractivity contribution is 5.98. The molecule has 1 atom stereocenters. The number of anilines is 1. The molecule has 0 fully saturated rings. The van der Waals surface area contributed by atoms with Crippen molar-refractivity contribution in [1.82, 2.24) is 5.32 Å². The average Bonchev–Trinajstić information content (AvgIpc) is 2.87. The van der Waals surface area contributed by atoms with Gasteiger partial charge < -0.3 is 20.1 Å². The number of amides is 2. The average molecular weight is 489 g/mol. The number of hydrogen-bond acceptors (Lipinski definition) is 5. The molecule has 0 saturated heterocycles. The molecule has 2 amide bonds. The van der Waals surface area contributed by atoms with E-state index in [2.05, 4.69) is 10.6 Å². The molecule has 0 heterocycles. The number of benzene rings is 3. The summed E-state index contributed by atoms with van der Waals surface area (Å²) in [6.45, 7) is 5.71. The summed E-state index contributed by atoms with van der Waals surface area (Å²) in [5.41, 5.74) is 2.91. The molecule has 3 aromatic rings. The van der Waals surface area contributed by atoms with Crippen molar-refractivity contribution < 1.29 is 23.9 Å². The number of esters is 1. The van der Waals surface area contributed by atoms with Crippen molar-refractivity contribution in [3.05, 3.63) is 95.6 Å². The number of carbonyl (C=O) groups is 3. The van der Waals surface area contributed by atoms with Gasteiger partial charge >= 0.3 is 5.97 Å². The lowest BCUT2D eigenvalue weighted by molar-refractivity contribution is -0.149. The summed E-state index contributed by atoms with van der Waals surface area (Å²) in [6, 6.07) is 23.0. The van der Waals surface area contributed by atoms with Crippen LogP contribution in [0.15, 0.2) is 78.9 Å². The molecular formula is C29H32N2O5. The van der Waals surface area contributed by atoms with Gasteiger partial charge in [0.2, 0.25) is 0 Å². The minimum absolute atomic E-state index is 0.135. The molecule has 36 heavy (non-hydrogen) atoms. The van der Waals surface area contributed by atoms with Gasteiger partial charge in [0.25, 0.3) is 11.8 Å². The minimum atomic E-state index is -0.856. The first-order valence-corrected chi connectivity index (χ1v) is 11.9. The number of carbonyl (C=O) groups excluding carboxylic acids is 3. The predicted molar refractivity (Wildman–Crippen MR) is 139 cm³/mol. The number of hydrogen-bond donors (Lipinski definition) is 2. The second-order valence-electron chi connectivity index (χ2n) is 8.93. The summed E-state index contributed by atoms with van der Waals surface area (Å²) in [7, 11) is 0. The molecule has 0 aliphatic heterocycles. The van der Waals surface area contributed by atoms with Gasteiger partial charge in [-0.25, -0.2) is 4.79 Å². The maximum Gasteiger partial charge on any atom is 0.329 e. The van der Waals surface area contributed by atoms with Crippen molar-refractivity contribution in [3.63, 3.8) is 0 Å². The fourth-order valence-corrected chi connectivity index (χ4v) is 3.56. The Hall–Kier alpha value is -4.13. The lowest BCUT2D eigenvalue weighted by atomic mass is 10.0. The molecule has 0 bridgehead atoms. The van der Waals surface area contributed by atoms with Gasteiger partial charge in [0.05, 0.1) is 0 Å². The Morgan fingerprint density at radius 3 is 2.19 bits per heavy atom. The topological polar surface area (TPSA) is 93.7 Å².